The fourth-order valence-electron chi connectivity index (χ4n) is 2.76. The molecule has 0 radical (unpaired) electrons. The van der Waals surface area contributed by atoms with Gasteiger partial charge in [-0.25, -0.2) is 0 Å². The van der Waals surface area contributed by atoms with Gasteiger partial charge in [0.05, 0.1) is 0 Å². The molecule has 2 aliphatic rings. The van der Waals surface area contributed by atoms with Crippen LogP contribution in [0.5, 0.6) is 0 Å². The maximum Gasteiger partial charge on any atom is 0.251 e. The van der Waals surface area contributed by atoms with Crippen molar-refractivity contribution in [3.63, 3.8) is 0 Å². The molecule has 0 saturated heterocycles. The minimum atomic E-state index is -0.122. The van der Waals surface area contributed by atoms with Crippen LogP contribution in [0, 0.1) is 11.3 Å². The lowest BCUT2D eigenvalue weighted by atomic mass is 9.66. The Balaban J connectivity index is 2.54. The van der Waals surface area contributed by atoms with Crippen LogP contribution in [-0.4, -0.2) is 5.91 Å². The number of rotatable bonds is 2. The quantitative estimate of drug-likeness (QED) is 0.724. The van der Waals surface area contributed by atoms with Gasteiger partial charge in [0.15, 0.2) is 0 Å². The van der Waals surface area contributed by atoms with Crippen molar-refractivity contribution in [1.82, 2.24) is 5.32 Å². The Kier molecular flexibility index (Phi) is 2.61. The number of hydrogen-bond acceptors (Lipinski definition) is 1. The average molecular weight is 229 g/mol. The van der Waals surface area contributed by atoms with Crippen molar-refractivity contribution < 1.29 is 4.79 Å². The maximum atomic E-state index is 11.7. The first kappa shape index (κ1) is 11.9. The second kappa shape index (κ2) is 3.73. The average Bonchev–Trinajstić information content (AvgIpc) is 2.53. The number of carbonyl (C=O) groups excluding carboxylic acids is 1. The van der Waals surface area contributed by atoms with Gasteiger partial charge in [0, 0.05) is 16.7 Å². The van der Waals surface area contributed by atoms with Crippen molar-refractivity contribution in [1.29, 1.82) is 0 Å². The molecule has 2 atom stereocenters. The summed E-state index contributed by atoms with van der Waals surface area (Å²) < 4.78 is 0. The van der Waals surface area contributed by atoms with E-state index in [-0.39, 0.29) is 11.3 Å². The number of fused-ring (bicyclic) bond motifs is 1. The molecule has 1 amide bonds. The van der Waals surface area contributed by atoms with Gasteiger partial charge in [0.2, 0.25) is 0 Å². The van der Waals surface area contributed by atoms with Crippen LogP contribution in [0.1, 0.15) is 27.2 Å². The normalized spacial score (nSPS) is 31.8. The Hall–Kier alpha value is -1.57. The van der Waals surface area contributed by atoms with E-state index < -0.39 is 0 Å². The van der Waals surface area contributed by atoms with Crippen LogP contribution in [0.2, 0.25) is 0 Å². The molecule has 0 bridgehead atoms. The van der Waals surface area contributed by atoms with Gasteiger partial charge in [0.25, 0.3) is 5.91 Å². The van der Waals surface area contributed by atoms with Crippen molar-refractivity contribution >= 4 is 5.91 Å². The first-order valence-corrected chi connectivity index (χ1v) is 5.92. The molecule has 17 heavy (non-hydrogen) atoms. The zero-order chi connectivity index (χ0) is 12.8. The molecular formula is C15H19NO. The highest BCUT2D eigenvalue weighted by atomic mass is 16.1. The lowest BCUT2D eigenvalue weighted by Gasteiger charge is -2.38. The second-order valence-corrected chi connectivity index (χ2v) is 5.29. The topological polar surface area (TPSA) is 29.1 Å². The van der Waals surface area contributed by atoms with Gasteiger partial charge in [-0.1, -0.05) is 31.2 Å². The third-order valence-electron chi connectivity index (χ3n) is 4.02. The van der Waals surface area contributed by atoms with Crippen LogP contribution in [0.15, 0.2) is 47.7 Å². The Morgan fingerprint density at radius 1 is 1.65 bits per heavy atom. The van der Waals surface area contributed by atoms with Crippen molar-refractivity contribution in [3.05, 3.63) is 47.7 Å². The summed E-state index contributed by atoms with van der Waals surface area (Å²) in [5.74, 6) is 0.349. The maximum absolute atomic E-state index is 11.7. The van der Waals surface area contributed by atoms with Gasteiger partial charge >= 0.3 is 0 Å². The Morgan fingerprint density at radius 2 is 2.29 bits per heavy atom. The van der Waals surface area contributed by atoms with E-state index in [1.807, 2.05) is 19.9 Å². The highest BCUT2D eigenvalue weighted by Gasteiger charge is 2.39. The summed E-state index contributed by atoms with van der Waals surface area (Å²) in [5.41, 5.74) is 3.97. The van der Waals surface area contributed by atoms with Gasteiger partial charge < -0.3 is 5.32 Å². The summed E-state index contributed by atoms with van der Waals surface area (Å²) >= 11 is 0. The Bertz CT molecular complexity index is 481. The standard InChI is InChI=1S/C15H19NO/c1-6-15(5)8-13-11(7-12(15)9(2)3)10(4)14(17)16-13/h6,8,12H,1-2,7H2,3-5H3,(H,16,17)/t12-,15+/m0/s1. The summed E-state index contributed by atoms with van der Waals surface area (Å²) in [7, 11) is 0. The first-order chi connectivity index (χ1) is 7.89. The summed E-state index contributed by atoms with van der Waals surface area (Å²) in [4.78, 5) is 11.7. The van der Waals surface area contributed by atoms with Crippen LogP contribution < -0.4 is 5.32 Å². The molecule has 1 aliphatic carbocycles. The molecule has 0 spiro atoms. The molecule has 1 N–H and O–H groups in total. The number of amides is 1. The molecule has 1 aliphatic heterocycles. The monoisotopic (exact) mass is 229 g/mol. The fourth-order valence-corrected chi connectivity index (χ4v) is 2.76. The van der Waals surface area contributed by atoms with E-state index in [2.05, 4.69) is 31.5 Å². The van der Waals surface area contributed by atoms with E-state index in [0.717, 1.165) is 28.8 Å². The number of carbonyl (C=O) groups is 1. The lowest BCUT2D eigenvalue weighted by molar-refractivity contribution is -0.116. The van der Waals surface area contributed by atoms with E-state index in [4.69, 9.17) is 0 Å². The van der Waals surface area contributed by atoms with Gasteiger partial charge in [-0.3, -0.25) is 4.79 Å². The number of hydrogen-bond donors (Lipinski definition) is 1. The molecular weight excluding hydrogens is 210 g/mol. The minimum absolute atomic E-state index is 0.0278. The Labute approximate surface area is 103 Å². The van der Waals surface area contributed by atoms with Gasteiger partial charge in [-0.15, -0.1) is 6.58 Å². The molecule has 2 heteroatoms. The van der Waals surface area contributed by atoms with Gasteiger partial charge in [-0.05, 0) is 31.8 Å². The molecule has 0 aromatic heterocycles. The third kappa shape index (κ3) is 1.68. The van der Waals surface area contributed by atoms with Crippen LogP contribution in [-0.2, 0) is 4.79 Å². The predicted octanol–water partition coefficient (Wildman–Crippen LogP) is 3.10. The minimum Gasteiger partial charge on any atom is -0.322 e. The lowest BCUT2D eigenvalue weighted by Crippen LogP contribution is -2.30. The van der Waals surface area contributed by atoms with Crippen LogP contribution in [0.25, 0.3) is 0 Å². The third-order valence-corrected chi connectivity index (χ3v) is 4.02. The summed E-state index contributed by atoms with van der Waals surface area (Å²) in [5, 5.41) is 2.93. The largest absolute Gasteiger partial charge is 0.322 e. The Morgan fingerprint density at radius 3 is 2.82 bits per heavy atom. The molecule has 2 nitrogen and oxygen atoms in total. The SMILES string of the molecule is C=C[C@]1(C)C=C2NC(=O)C(C)=C2C[C@H]1C(=C)C. The zero-order valence-electron chi connectivity index (χ0n) is 10.8. The van der Waals surface area contributed by atoms with E-state index in [9.17, 15) is 4.79 Å². The number of nitrogens with one attached hydrogen (secondary N) is 1. The van der Waals surface area contributed by atoms with Crippen molar-refractivity contribution in [2.24, 2.45) is 11.3 Å². The summed E-state index contributed by atoms with van der Waals surface area (Å²) in [6.07, 6.45) is 4.94. The molecule has 90 valence electrons. The summed E-state index contributed by atoms with van der Waals surface area (Å²) in [6, 6.07) is 0. The van der Waals surface area contributed by atoms with Crippen molar-refractivity contribution in [2.75, 3.05) is 0 Å². The van der Waals surface area contributed by atoms with E-state index in [0.29, 0.717) is 5.92 Å². The molecule has 0 fully saturated rings. The van der Waals surface area contributed by atoms with Crippen molar-refractivity contribution in [3.8, 4) is 0 Å². The molecule has 0 aromatic carbocycles. The highest BCUT2D eigenvalue weighted by Crippen LogP contribution is 2.47. The molecule has 0 aromatic rings. The molecule has 0 saturated carbocycles. The summed E-state index contributed by atoms with van der Waals surface area (Å²) in [6.45, 7) is 14.1. The van der Waals surface area contributed by atoms with E-state index >= 15 is 0 Å². The first-order valence-electron chi connectivity index (χ1n) is 5.92. The van der Waals surface area contributed by atoms with Crippen LogP contribution in [0.4, 0.5) is 0 Å². The van der Waals surface area contributed by atoms with Gasteiger partial charge in [-0.2, -0.15) is 0 Å². The second-order valence-electron chi connectivity index (χ2n) is 5.29. The molecule has 0 unspecified atom stereocenters. The van der Waals surface area contributed by atoms with Crippen molar-refractivity contribution in [2.45, 2.75) is 27.2 Å². The highest BCUT2D eigenvalue weighted by molar-refractivity contribution is 5.99. The van der Waals surface area contributed by atoms with E-state index in [1.165, 1.54) is 0 Å². The van der Waals surface area contributed by atoms with Crippen LogP contribution in [0.3, 0.4) is 0 Å². The van der Waals surface area contributed by atoms with Crippen LogP contribution >= 0.6 is 0 Å². The molecule has 1 heterocycles. The molecule has 2 rings (SSSR count). The zero-order valence-corrected chi connectivity index (χ0v) is 10.8. The smallest absolute Gasteiger partial charge is 0.251 e. The predicted molar refractivity (Wildman–Crippen MR) is 70.2 cm³/mol. The number of allylic oxidation sites excluding steroid dienone is 4. The van der Waals surface area contributed by atoms with E-state index in [1.54, 1.807) is 0 Å². The van der Waals surface area contributed by atoms with Gasteiger partial charge in [0.1, 0.15) is 0 Å². The fraction of sp³-hybridized carbons (Fsp3) is 0.400.